The van der Waals surface area contributed by atoms with E-state index in [0.29, 0.717) is 33.0 Å². The van der Waals surface area contributed by atoms with Gasteiger partial charge in [-0.25, -0.2) is 0 Å². The molecule has 1 saturated heterocycles. The van der Waals surface area contributed by atoms with Crippen LogP contribution in [-0.2, 0) is 11.8 Å². The van der Waals surface area contributed by atoms with Gasteiger partial charge in [-0.2, -0.15) is 0 Å². The monoisotopic (exact) mass is 503 g/mol. The van der Waals surface area contributed by atoms with Crippen molar-refractivity contribution in [1.29, 1.82) is 0 Å². The lowest BCUT2D eigenvalue weighted by atomic mass is 10.1. The number of nitrogens with zero attached hydrogens (tertiary/aromatic N) is 4. The van der Waals surface area contributed by atoms with Gasteiger partial charge in [0.2, 0.25) is 5.91 Å². The van der Waals surface area contributed by atoms with E-state index >= 15 is 0 Å². The van der Waals surface area contributed by atoms with Crippen LogP contribution in [-0.4, -0.2) is 43.8 Å². The second-order valence-electron chi connectivity index (χ2n) is 7.92. The first-order chi connectivity index (χ1) is 15.8. The average Bonchev–Trinajstić information content (AvgIpc) is 3.37. The molecular weight excluding hydrogens is 481 g/mol. The number of amides is 2. The van der Waals surface area contributed by atoms with E-state index in [0.717, 1.165) is 24.2 Å². The summed E-state index contributed by atoms with van der Waals surface area (Å²) in [7, 11) is 1.86. The van der Waals surface area contributed by atoms with Gasteiger partial charge in [0.05, 0.1) is 11.8 Å². The SMILES string of the molecule is Cc1cccc(C(=O)N2CCCC2c2nnc(SCC(=O)Nc3cc(Cl)cc(Cl)c3)n2C)c1. The zero-order valence-corrected chi connectivity index (χ0v) is 20.5. The Morgan fingerprint density at radius 2 is 1.91 bits per heavy atom. The van der Waals surface area contributed by atoms with Gasteiger partial charge in [0.25, 0.3) is 5.91 Å². The zero-order valence-electron chi connectivity index (χ0n) is 18.2. The van der Waals surface area contributed by atoms with Crippen LogP contribution >= 0.6 is 35.0 Å². The predicted octanol–water partition coefficient (Wildman–Crippen LogP) is 5.14. The van der Waals surface area contributed by atoms with Crippen molar-refractivity contribution in [1.82, 2.24) is 19.7 Å². The first-order valence-electron chi connectivity index (χ1n) is 10.5. The Balaban J connectivity index is 1.42. The number of likely N-dealkylation sites (tertiary alicyclic amines) is 1. The summed E-state index contributed by atoms with van der Waals surface area (Å²) in [6, 6.07) is 12.3. The van der Waals surface area contributed by atoms with Gasteiger partial charge in [-0.15, -0.1) is 10.2 Å². The fraction of sp³-hybridized carbons (Fsp3) is 0.304. The highest BCUT2D eigenvalue weighted by Crippen LogP contribution is 2.33. The number of hydrogen-bond donors (Lipinski definition) is 1. The molecule has 1 aromatic heterocycles. The van der Waals surface area contributed by atoms with Gasteiger partial charge in [-0.1, -0.05) is 52.7 Å². The number of thioether (sulfide) groups is 1. The topological polar surface area (TPSA) is 80.1 Å². The Morgan fingerprint density at radius 3 is 2.64 bits per heavy atom. The van der Waals surface area contributed by atoms with E-state index in [1.165, 1.54) is 11.8 Å². The highest BCUT2D eigenvalue weighted by atomic mass is 35.5. The third-order valence-electron chi connectivity index (χ3n) is 5.42. The smallest absolute Gasteiger partial charge is 0.254 e. The molecule has 3 aromatic rings. The van der Waals surface area contributed by atoms with Gasteiger partial charge in [-0.3, -0.25) is 9.59 Å². The molecule has 1 N–H and O–H groups in total. The van der Waals surface area contributed by atoms with Gasteiger partial charge in [0.15, 0.2) is 11.0 Å². The van der Waals surface area contributed by atoms with Crippen molar-refractivity contribution < 1.29 is 9.59 Å². The number of halogens is 2. The summed E-state index contributed by atoms with van der Waals surface area (Å²) >= 11 is 13.2. The summed E-state index contributed by atoms with van der Waals surface area (Å²) in [5.41, 5.74) is 2.26. The number of nitrogens with one attached hydrogen (secondary N) is 1. The maximum atomic E-state index is 13.1. The number of aromatic nitrogens is 3. The number of rotatable bonds is 6. The fourth-order valence-electron chi connectivity index (χ4n) is 3.92. The van der Waals surface area contributed by atoms with E-state index in [-0.39, 0.29) is 23.6 Å². The lowest BCUT2D eigenvalue weighted by molar-refractivity contribution is -0.113. The highest BCUT2D eigenvalue weighted by Gasteiger charge is 2.34. The van der Waals surface area contributed by atoms with E-state index in [4.69, 9.17) is 23.2 Å². The molecule has 0 radical (unpaired) electrons. The van der Waals surface area contributed by atoms with E-state index < -0.39 is 0 Å². The van der Waals surface area contributed by atoms with Crippen molar-refractivity contribution in [2.75, 3.05) is 17.6 Å². The first-order valence-corrected chi connectivity index (χ1v) is 12.2. The Hall–Kier alpha value is -2.55. The largest absolute Gasteiger partial charge is 0.328 e. The van der Waals surface area contributed by atoms with Crippen LogP contribution in [0, 0.1) is 6.92 Å². The molecule has 4 rings (SSSR count). The molecule has 0 saturated carbocycles. The van der Waals surface area contributed by atoms with Gasteiger partial charge in [0.1, 0.15) is 0 Å². The summed E-state index contributed by atoms with van der Waals surface area (Å²) < 4.78 is 1.86. The minimum atomic E-state index is -0.208. The number of carbonyl (C=O) groups is 2. The number of benzene rings is 2. The predicted molar refractivity (Wildman–Crippen MR) is 131 cm³/mol. The molecule has 172 valence electrons. The van der Waals surface area contributed by atoms with Crippen LogP contribution in [0.1, 0.15) is 40.6 Å². The normalized spacial score (nSPS) is 15.6. The van der Waals surface area contributed by atoms with E-state index in [9.17, 15) is 9.59 Å². The Bertz CT molecular complexity index is 1180. The molecule has 0 spiro atoms. The molecule has 1 atom stereocenters. The summed E-state index contributed by atoms with van der Waals surface area (Å²) in [6.07, 6.45) is 1.73. The molecule has 0 bridgehead atoms. The van der Waals surface area contributed by atoms with Crippen LogP contribution in [0.3, 0.4) is 0 Å². The summed E-state index contributed by atoms with van der Waals surface area (Å²) in [5, 5.41) is 12.9. The molecule has 10 heteroatoms. The number of carbonyl (C=O) groups excluding carboxylic acids is 2. The molecule has 7 nitrogen and oxygen atoms in total. The van der Waals surface area contributed by atoms with Crippen molar-refractivity contribution >= 4 is 52.5 Å². The molecule has 2 aromatic carbocycles. The van der Waals surface area contributed by atoms with Crippen molar-refractivity contribution in [3.8, 4) is 0 Å². The minimum Gasteiger partial charge on any atom is -0.328 e. The van der Waals surface area contributed by atoms with Gasteiger partial charge >= 0.3 is 0 Å². The summed E-state index contributed by atoms with van der Waals surface area (Å²) in [4.78, 5) is 27.4. The molecule has 2 heterocycles. The maximum absolute atomic E-state index is 13.1. The van der Waals surface area contributed by atoms with Crippen LogP contribution in [0.25, 0.3) is 0 Å². The molecule has 1 fully saturated rings. The van der Waals surface area contributed by atoms with Crippen LogP contribution in [0.5, 0.6) is 0 Å². The van der Waals surface area contributed by atoms with Crippen LogP contribution in [0.2, 0.25) is 10.0 Å². The molecule has 1 unspecified atom stereocenters. The lowest BCUT2D eigenvalue weighted by Gasteiger charge is -2.24. The number of anilines is 1. The first kappa shape index (κ1) is 23.6. The quantitative estimate of drug-likeness (QED) is 0.471. The zero-order chi connectivity index (χ0) is 23.5. The second kappa shape index (κ2) is 10.2. The maximum Gasteiger partial charge on any atom is 0.254 e. The van der Waals surface area contributed by atoms with E-state index in [2.05, 4.69) is 15.5 Å². The van der Waals surface area contributed by atoms with Crippen LogP contribution in [0.15, 0.2) is 47.6 Å². The number of aryl methyl sites for hydroxylation is 1. The molecule has 0 aliphatic carbocycles. The molecule has 1 aliphatic heterocycles. The second-order valence-corrected chi connectivity index (χ2v) is 9.74. The molecule has 1 aliphatic rings. The Kier molecular flexibility index (Phi) is 7.26. The van der Waals surface area contributed by atoms with Crippen molar-refractivity contribution in [2.24, 2.45) is 7.05 Å². The van der Waals surface area contributed by atoms with Crippen molar-refractivity contribution in [2.45, 2.75) is 31.0 Å². The Morgan fingerprint density at radius 1 is 1.15 bits per heavy atom. The van der Waals surface area contributed by atoms with Crippen molar-refractivity contribution in [3.63, 3.8) is 0 Å². The standard InChI is InChI=1S/C23H23Cl2N5O2S/c1-14-5-3-6-15(9-14)22(32)30-8-4-7-19(30)21-27-28-23(29(21)2)33-13-20(31)26-18-11-16(24)10-17(25)12-18/h3,5-6,9-12,19H,4,7-8,13H2,1-2H3,(H,26,31). The summed E-state index contributed by atoms with van der Waals surface area (Å²) in [6.45, 7) is 2.65. The molecule has 33 heavy (non-hydrogen) atoms. The highest BCUT2D eigenvalue weighted by molar-refractivity contribution is 7.99. The van der Waals surface area contributed by atoms with Gasteiger partial charge in [-0.05, 0) is 50.1 Å². The third kappa shape index (κ3) is 5.51. The lowest BCUT2D eigenvalue weighted by Crippen LogP contribution is -2.32. The van der Waals surface area contributed by atoms with E-state index in [1.54, 1.807) is 18.2 Å². The molecular formula is C23H23Cl2N5O2S. The minimum absolute atomic E-state index is 0.00189. The average molecular weight is 504 g/mol. The molecule has 2 amide bonds. The Labute approximate surface area is 206 Å². The third-order valence-corrected chi connectivity index (χ3v) is 6.88. The van der Waals surface area contributed by atoms with E-state index in [1.807, 2.05) is 47.7 Å². The summed E-state index contributed by atoms with van der Waals surface area (Å²) in [5.74, 6) is 0.656. The fourth-order valence-corrected chi connectivity index (χ4v) is 5.16. The van der Waals surface area contributed by atoms with Gasteiger partial charge in [0, 0.05) is 34.9 Å². The van der Waals surface area contributed by atoms with Crippen LogP contribution < -0.4 is 5.32 Å². The van der Waals surface area contributed by atoms with Crippen molar-refractivity contribution in [3.05, 3.63) is 69.5 Å². The number of hydrogen-bond acceptors (Lipinski definition) is 5. The van der Waals surface area contributed by atoms with Crippen LogP contribution in [0.4, 0.5) is 5.69 Å². The van der Waals surface area contributed by atoms with Gasteiger partial charge < -0.3 is 14.8 Å².